The Morgan fingerprint density at radius 2 is 2.12 bits per heavy atom. The van der Waals surface area contributed by atoms with Gasteiger partial charge in [0, 0.05) is 13.6 Å². The third-order valence-electron chi connectivity index (χ3n) is 3.40. The number of piperidine rings is 1. The van der Waals surface area contributed by atoms with Crippen molar-refractivity contribution in [3.63, 3.8) is 0 Å². The third-order valence-corrected chi connectivity index (χ3v) is 3.40. The number of hydrogen-bond acceptors (Lipinski definition) is 3. The van der Waals surface area contributed by atoms with E-state index in [2.05, 4.69) is 4.90 Å². The van der Waals surface area contributed by atoms with E-state index in [1.807, 2.05) is 7.05 Å². The topological polar surface area (TPSA) is 60.9 Å². The molecule has 0 saturated carbocycles. The van der Waals surface area contributed by atoms with Gasteiger partial charge in [-0.15, -0.1) is 0 Å². The minimum absolute atomic E-state index is 0.0419. The first-order valence-electron chi connectivity index (χ1n) is 6.11. The fourth-order valence-electron chi connectivity index (χ4n) is 2.22. The largest absolute Gasteiger partial charge is 0.481 e. The lowest BCUT2D eigenvalue weighted by Gasteiger charge is -2.34. The number of hydrogen-bond donors (Lipinski definition) is 1. The lowest BCUT2D eigenvalue weighted by atomic mass is 10.0. The Morgan fingerprint density at radius 1 is 1.47 bits per heavy atom. The monoisotopic (exact) mass is 242 g/mol. The Balaban J connectivity index is 2.53. The van der Waals surface area contributed by atoms with Gasteiger partial charge in [0.1, 0.15) is 0 Å². The van der Waals surface area contributed by atoms with Crippen LogP contribution < -0.4 is 0 Å². The maximum absolute atomic E-state index is 12.2. The second kappa shape index (κ2) is 6.00. The number of likely N-dealkylation sites (N-methyl/N-ethyl adjacent to an activating group) is 2. The van der Waals surface area contributed by atoms with Gasteiger partial charge in [-0.3, -0.25) is 14.5 Å². The SMILES string of the molecule is CC(CN(C)C(=O)C1CCCCN1C)C(=O)O. The van der Waals surface area contributed by atoms with Gasteiger partial charge in [-0.1, -0.05) is 13.3 Å². The van der Waals surface area contributed by atoms with Gasteiger partial charge in [0.25, 0.3) is 0 Å². The van der Waals surface area contributed by atoms with E-state index >= 15 is 0 Å². The zero-order valence-corrected chi connectivity index (χ0v) is 10.8. The molecule has 1 N–H and O–H groups in total. The molecule has 2 unspecified atom stereocenters. The normalized spacial score (nSPS) is 23.1. The minimum Gasteiger partial charge on any atom is -0.481 e. The number of nitrogens with zero attached hydrogens (tertiary/aromatic N) is 2. The van der Waals surface area contributed by atoms with Gasteiger partial charge in [0.2, 0.25) is 5.91 Å². The van der Waals surface area contributed by atoms with Crippen LogP contribution in [0.4, 0.5) is 0 Å². The van der Waals surface area contributed by atoms with E-state index in [9.17, 15) is 9.59 Å². The van der Waals surface area contributed by atoms with Crippen molar-refractivity contribution in [2.24, 2.45) is 5.92 Å². The summed E-state index contributed by atoms with van der Waals surface area (Å²) in [5, 5.41) is 8.83. The quantitative estimate of drug-likeness (QED) is 0.786. The van der Waals surface area contributed by atoms with Crippen molar-refractivity contribution >= 4 is 11.9 Å². The van der Waals surface area contributed by atoms with Crippen LogP contribution in [0.5, 0.6) is 0 Å². The molecule has 1 amide bonds. The maximum atomic E-state index is 12.2. The van der Waals surface area contributed by atoms with Crippen LogP contribution in [-0.2, 0) is 9.59 Å². The van der Waals surface area contributed by atoms with Crippen LogP contribution in [0.15, 0.2) is 0 Å². The summed E-state index contributed by atoms with van der Waals surface area (Å²) < 4.78 is 0. The molecule has 1 saturated heterocycles. The smallest absolute Gasteiger partial charge is 0.308 e. The van der Waals surface area contributed by atoms with Gasteiger partial charge >= 0.3 is 5.97 Å². The number of carboxylic acid groups (broad SMARTS) is 1. The highest BCUT2D eigenvalue weighted by Crippen LogP contribution is 2.17. The summed E-state index contributed by atoms with van der Waals surface area (Å²) in [7, 11) is 3.64. The van der Waals surface area contributed by atoms with Crippen LogP contribution in [0.25, 0.3) is 0 Å². The zero-order chi connectivity index (χ0) is 13.0. The molecule has 0 radical (unpaired) electrons. The molecule has 1 heterocycles. The van der Waals surface area contributed by atoms with Gasteiger partial charge < -0.3 is 10.0 Å². The number of carboxylic acids is 1. The van der Waals surface area contributed by atoms with Gasteiger partial charge in [-0.05, 0) is 26.4 Å². The second-order valence-corrected chi connectivity index (χ2v) is 4.95. The zero-order valence-electron chi connectivity index (χ0n) is 10.8. The summed E-state index contributed by atoms with van der Waals surface area (Å²) in [5.41, 5.74) is 0. The highest BCUT2D eigenvalue weighted by atomic mass is 16.4. The number of aliphatic carboxylic acids is 1. The lowest BCUT2D eigenvalue weighted by molar-refractivity contribution is -0.143. The fraction of sp³-hybridized carbons (Fsp3) is 0.833. The summed E-state index contributed by atoms with van der Waals surface area (Å²) in [6.07, 6.45) is 3.08. The first kappa shape index (κ1) is 14.0. The van der Waals surface area contributed by atoms with Crippen molar-refractivity contribution in [3.8, 4) is 0 Å². The van der Waals surface area contributed by atoms with Crippen molar-refractivity contribution in [1.29, 1.82) is 0 Å². The lowest BCUT2D eigenvalue weighted by Crippen LogP contribution is -2.49. The van der Waals surface area contributed by atoms with E-state index in [1.165, 1.54) is 0 Å². The van der Waals surface area contributed by atoms with E-state index in [0.29, 0.717) is 0 Å². The summed E-state index contributed by atoms with van der Waals surface area (Å²) in [5.74, 6) is -1.33. The average Bonchev–Trinajstić information content (AvgIpc) is 2.28. The molecule has 1 aliphatic heterocycles. The van der Waals surface area contributed by atoms with Gasteiger partial charge in [-0.25, -0.2) is 0 Å². The Kier molecular flexibility index (Phi) is 4.93. The van der Waals surface area contributed by atoms with E-state index in [1.54, 1.807) is 18.9 Å². The molecule has 98 valence electrons. The molecule has 5 nitrogen and oxygen atoms in total. The molecule has 0 aromatic carbocycles. The summed E-state index contributed by atoms with van der Waals surface area (Å²) >= 11 is 0. The van der Waals surface area contributed by atoms with Crippen molar-refractivity contribution in [2.45, 2.75) is 32.2 Å². The van der Waals surface area contributed by atoms with Crippen molar-refractivity contribution < 1.29 is 14.7 Å². The van der Waals surface area contributed by atoms with Gasteiger partial charge in [0.05, 0.1) is 12.0 Å². The van der Waals surface area contributed by atoms with Crippen LogP contribution in [0, 0.1) is 5.92 Å². The first-order chi connectivity index (χ1) is 7.93. The number of likely N-dealkylation sites (tertiary alicyclic amines) is 1. The van der Waals surface area contributed by atoms with Crippen LogP contribution in [0.3, 0.4) is 0 Å². The Bertz CT molecular complexity index is 293. The van der Waals surface area contributed by atoms with Crippen LogP contribution >= 0.6 is 0 Å². The number of carbonyl (C=O) groups is 2. The molecule has 0 bridgehead atoms. The Morgan fingerprint density at radius 3 is 2.65 bits per heavy atom. The molecule has 0 spiro atoms. The molecular formula is C12H22N2O3. The van der Waals surface area contributed by atoms with E-state index in [0.717, 1.165) is 25.8 Å². The molecule has 2 atom stereocenters. The summed E-state index contributed by atoms with van der Waals surface area (Å²) in [4.78, 5) is 26.5. The molecule has 0 aliphatic carbocycles. The Hall–Kier alpha value is -1.10. The van der Waals surface area contributed by atoms with Crippen molar-refractivity contribution in [2.75, 3.05) is 27.2 Å². The molecule has 1 rings (SSSR count). The van der Waals surface area contributed by atoms with Gasteiger partial charge in [-0.2, -0.15) is 0 Å². The molecule has 17 heavy (non-hydrogen) atoms. The fourth-order valence-corrected chi connectivity index (χ4v) is 2.22. The number of amides is 1. The van der Waals surface area contributed by atoms with Crippen LogP contribution in [-0.4, -0.2) is 60.0 Å². The molecule has 1 fully saturated rings. The highest BCUT2D eigenvalue weighted by molar-refractivity contribution is 5.82. The van der Waals surface area contributed by atoms with Crippen LogP contribution in [0.2, 0.25) is 0 Å². The second-order valence-electron chi connectivity index (χ2n) is 4.95. The van der Waals surface area contributed by atoms with Crippen LogP contribution in [0.1, 0.15) is 26.2 Å². The predicted octanol–water partition coefficient (Wildman–Crippen LogP) is 0.650. The highest BCUT2D eigenvalue weighted by Gasteiger charge is 2.29. The Labute approximate surface area is 102 Å². The summed E-state index contributed by atoms with van der Waals surface area (Å²) in [6.45, 7) is 2.84. The standard InChI is InChI=1S/C12H22N2O3/c1-9(12(16)17)8-14(3)11(15)10-6-4-5-7-13(10)2/h9-10H,4-8H2,1-3H3,(H,16,17). The maximum Gasteiger partial charge on any atom is 0.308 e. The summed E-state index contributed by atoms with van der Waals surface area (Å²) in [6, 6.07) is -0.0743. The molecule has 0 aromatic heterocycles. The van der Waals surface area contributed by atoms with Gasteiger partial charge in [0.15, 0.2) is 0 Å². The number of rotatable bonds is 4. The van der Waals surface area contributed by atoms with Crippen molar-refractivity contribution in [3.05, 3.63) is 0 Å². The molecule has 0 aromatic rings. The predicted molar refractivity (Wildman–Crippen MR) is 64.7 cm³/mol. The molecular weight excluding hydrogens is 220 g/mol. The molecule has 1 aliphatic rings. The van der Waals surface area contributed by atoms with E-state index < -0.39 is 11.9 Å². The minimum atomic E-state index is -0.860. The first-order valence-corrected chi connectivity index (χ1v) is 6.11. The molecule has 5 heteroatoms. The van der Waals surface area contributed by atoms with E-state index in [4.69, 9.17) is 5.11 Å². The van der Waals surface area contributed by atoms with E-state index in [-0.39, 0.29) is 18.5 Å². The van der Waals surface area contributed by atoms with Crippen molar-refractivity contribution in [1.82, 2.24) is 9.80 Å². The average molecular weight is 242 g/mol. The third kappa shape index (κ3) is 3.70. The number of carbonyl (C=O) groups excluding carboxylic acids is 1.